The van der Waals surface area contributed by atoms with Gasteiger partial charge in [-0.3, -0.25) is 0 Å². The average Bonchev–Trinajstić information content (AvgIpc) is 3.85. The summed E-state index contributed by atoms with van der Waals surface area (Å²) in [5.41, 5.74) is 13.9. The zero-order valence-corrected chi connectivity index (χ0v) is 28.7. The zero-order valence-electron chi connectivity index (χ0n) is 27.9. The van der Waals surface area contributed by atoms with E-state index in [1.807, 2.05) is 11.3 Å². The summed E-state index contributed by atoms with van der Waals surface area (Å²) in [6.45, 7) is 0. The highest BCUT2D eigenvalue weighted by Crippen LogP contribution is 2.41. The molecule has 0 saturated heterocycles. The Kier molecular flexibility index (Phi) is 6.28. The molecule has 3 heteroatoms. The van der Waals surface area contributed by atoms with E-state index < -0.39 is 0 Å². The molecule has 0 saturated carbocycles. The molecule has 3 aromatic heterocycles. The van der Waals surface area contributed by atoms with Gasteiger partial charge in [0.25, 0.3) is 0 Å². The van der Waals surface area contributed by atoms with Crippen LogP contribution in [0.15, 0.2) is 164 Å². The monoisotopic (exact) mass is 668 g/mol. The molecule has 11 rings (SSSR count). The van der Waals surface area contributed by atoms with Gasteiger partial charge in [-0.25, -0.2) is 0 Å². The lowest BCUT2D eigenvalue weighted by atomic mass is 9.99. The van der Waals surface area contributed by atoms with Crippen molar-refractivity contribution in [3.05, 3.63) is 175 Å². The number of benzene rings is 7. The van der Waals surface area contributed by atoms with E-state index in [0.717, 1.165) is 12.8 Å². The van der Waals surface area contributed by atoms with Crippen molar-refractivity contribution in [2.45, 2.75) is 12.8 Å². The smallest absolute Gasteiger partial charge is 0.0541 e. The molecule has 10 aromatic rings. The Bertz CT molecular complexity index is 3010. The van der Waals surface area contributed by atoms with E-state index in [0.29, 0.717) is 0 Å². The molecule has 0 unspecified atom stereocenters. The van der Waals surface area contributed by atoms with Gasteiger partial charge in [0, 0.05) is 59.0 Å². The van der Waals surface area contributed by atoms with Gasteiger partial charge in [0.05, 0.1) is 16.6 Å². The Morgan fingerprint density at radius 3 is 1.67 bits per heavy atom. The van der Waals surface area contributed by atoms with Crippen molar-refractivity contribution in [2.75, 3.05) is 0 Å². The molecule has 0 bridgehead atoms. The summed E-state index contributed by atoms with van der Waals surface area (Å²) < 4.78 is 7.59. The number of thiophene rings is 1. The van der Waals surface area contributed by atoms with Crippen molar-refractivity contribution >= 4 is 70.3 Å². The van der Waals surface area contributed by atoms with Gasteiger partial charge in [-0.1, -0.05) is 103 Å². The Morgan fingerprint density at radius 2 is 0.980 bits per heavy atom. The maximum Gasteiger partial charge on any atom is 0.0541 e. The molecule has 1 aliphatic rings. The van der Waals surface area contributed by atoms with Crippen LogP contribution < -0.4 is 0 Å². The van der Waals surface area contributed by atoms with Crippen LogP contribution in [0, 0.1) is 0 Å². The maximum atomic E-state index is 2.52. The van der Waals surface area contributed by atoms with E-state index in [1.54, 1.807) is 0 Å². The largest absolute Gasteiger partial charge is 0.313 e. The minimum Gasteiger partial charge on any atom is -0.313 e. The van der Waals surface area contributed by atoms with E-state index in [1.165, 1.54) is 97.8 Å². The average molecular weight is 669 g/mol. The van der Waals surface area contributed by atoms with Gasteiger partial charge < -0.3 is 9.13 Å². The highest BCUT2D eigenvalue weighted by molar-refractivity contribution is 7.25. The van der Waals surface area contributed by atoms with Crippen molar-refractivity contribution in [3.63, 3.8) is 0 Å². The second-order valence-electron chi connectivity index (χ2n) is 13.6. The van der Waals surface area contributed by atoms with Crippen molar-refractivity contribution in [1.82, 2.24) is 9.13 Å². The number of hydrogen-bond donors (Lipinski definition) is 0. The minimum atomic E-state index is 1.04. The highest BCUT2D eigenvalue weighted by atomic mass is 32.1. The van der Waals surface area contributed by atoms with Gasteiger partial charge in [-0.05, 0) is 102 Å². The summed E-state index contributed by atoms with van der Waals surface area (Å²) in [5.74, 6) is 0. The number of rotatable bonds is 4. The summed E-state index contributed by atoms with van der Waals surface area (Å²) in [4.78, 5) is 0. The number of nitrogens with zero attached hydrogens (tertiary/aromatic N) is 2. The normalized spacial score (nSPS) is 12.9. The SMILES string of the molecule is C1=Cc2c(n(-c3ccc4sc5ccc(-n6c7ccccc7c7cc(-c8ccccc8)ccc76)cc5c4c3)c3ccc(-c4ccccc4)cc23)CC1. The van der Waals surface area contributed by atoms with Crippen LogP contribution in [-0.2, 0) is 6.42 Å². The third kappa shape index (κ3) is 4.42. The van der Waals surface area contributed by atoms with Crippen LogP contribution >= 0.6 is 11.3 Å². The lowest BCUT2D eigenvalue weighted by Crippen LogP contribution is -2.02. The highest BCUT2D eigenvalue weighted by Gasteiger charge is 2.20. The van der Waals surface area contributed by atoms with E-state index in [4.69, 9.17) is 0 Å². The second kappa shape index (κ2) is 11.2. The standard InChI is InChI=1S/C48H32N2S/c1-3-11-31(12-4-1)33-19-23-45-39(27-33)37-15-7-9-17-43(37)49(45)35-21-25-47-41(29-35)42-30-36(22-26-48(42)51-47)50-44-18-10-8-16-38(44)40-28-34(20-24-46(40)50)32-13-5-2-6-14-32/h1-9,11-17,19-30H,10,18H2. The van der Waals surface area contributed by atoms with Gasteiger partial charge in [0.2, 0.25) is 0 Å². The van der Waals surface area contributed by atoms with Crippen LogP contribution in [0.3, 0.4) is 0 Å². The van der Waals surface area contributed by atoms with Gasteiger partial charge in [-0.15, -0.1) is 11.3 Å². The van der Waals surface area contributed by atoms with Crippen molar-refractivity contribution in [1.29, 1.82) is 0 Å². The molecule has 0 fully saturated rings. The Morgan fingerprint density at radius 1 is 0.412 bits per heavy atom. The Labute approximate surface area is 299 Å². The summed E-state index contributed by atoms with van der Waals surface area (Å²) in [6, 6.07) is 58.2. The predicted octanol–water partition coefficient (Wildman–Crippen LogP) is 13.4. The first-order chi connectivity index (χ1) is 25.3. The predicted molar refractivity (Wildman–Crippen MR) is 219 cm³/mol. The first kappa shape index (κ1) is 28.7. The molecule has 0 radical (unpaired) electrons. The van der Waals surface area contributed by atoms with E-state index in [9.17, 15) is 0 Å². The molecule has 240 valence electrons. The van der Waals surface area contributed by atoms with Crippen LogP contribution in [0.25, 0.3) is 92.6 Å². The Balaban J connectivity index is 1.09. The van der Waals surface area contributed by atoms with Crippen LogP contribution in [0.1, 0.15) is 17.7 Å². The number of allylic oxidation sites excluding steroid dienone is 1. The van der Waals surface area contributed by atoms with E-state index in [2.05, 4.69) is 179 Å². The number of aromatic nitrogens is 2. The Hall–Kier alpha value is -6.16. The van der Waals surface area contributed by atoms with Crippen LogP contribution in [0.2, 0.25) is 0 Å². The molecule has 0 N–H and O–H groups in total. The van der Waals surface area contributed by atoms with Gasteiger partial charge in [-0.2, -0.15) is 0 Å². The third-order valence-electron chi connectivity index (χ3n) is 10.8. The molecule has 0 amide bonds. The fourth-order valence-electron chi connectivity index (χ4n) is 8.42. The molecule has 0 spiro atoms. The number of para-hydroxylation sites is 1. The third-order valence-corrected chi connectivity index (χ3v) is 11.9. The van der Waals surface area contributed by atoms with Crippen LogP contribution in [0.5, 0.6) is 0 Å². The first-order valence-electron chi connectivity index (χ1n) is 17.7. The fraction of sp³-hybridized carbons (Fsp3) is 0.0417. The van der Waals surface area contributed by atoms with Crippen molar-refractivity contribution < 1.29 is 0 Å². The number of hydrogen-bond acceptors (Lipinski definition) is 1. The molecule has 51 heavy (non-hydrogen) atoms. The summed E-state index contributed by atoms with van der Waals surface area (Å²) in [7, 11) is 0. The van der Waals surface area contributed by atoms with Crippen molar-refractivity contribution in [3.8, 4) is 33.6 Å². The summed E-state index contributed by atoms with van der Waals surface area (Å²) in [5, 5.41) is 6.48. The van der Waals surface area contributed by atoms with Crippen LogP contribution in [0.4, 0.5) is 0 Å². The van der Waals surface area contributed by atoms with Gasteiger partial charge in [0.15, 0.2) is 0 Å². The molecule has 0 aliphatic heterocycles. The lowest BCUT2D eigenvalue weighted by Gasteiger charge is -2.14. The summed E-state index contributed by atoms with van der Waals surface area (Å²) >= 11 is 1.88. The molecular formula is C48H32N2S. The van der Waals surface area contributed by atoms with E-state index >= 15 is 0 Å². The zero-order chi connectivity index (χ0) is 33.5. The first-order valence-corrected chi connectivity index (χ1v) is 18.6. The summed E-state index contributed by atoms with van der Waals surface area (Å²) in [6.07, 6.45) is 6.77. The van der Waals surface area contributed by atoms with Gasteiger partial charge in [0.1, 0.15) is 0 Å². The molecular weight excluding hydrogens is 637 g/mol. The molecule has 3 heterocycles. The topological polar surface area (TPSA) is 9.86 Å². The number of fused-ring (bicyclic) bond motifs is 9. The second-order valence-corrected chi connectivity index (χ2v) is 14.7. The van der Waals surface area contributed by atoms with E-state index in [-0.39, 0.29) is 0 Å². The minimum absolute atomic E-state index is 1.04. The molecule has 1 aliphatic carbocycles. The fourth-order valence-corrected chi connectivity index (χ4v) is 9.49. The molecule has 0 atom stereocenters. The van der Waals surface area contributed by atoms with Gasteiger partial charge >= 0.3 is 0 Å². The van der Waals surface area contributed by atoms with Crippen LogP contribution in [-0.4, -0.2) is 9.13 Å². The molecule has 2 nitrogen and oxygen atoms in total. The quantitative estimate of drug-likeness (QED) is 0.177. The lowest BCUT2D eigenvalue weighted by molar-refractivity contribution is 0.889. The molecule has 7 aromatic carbocycles. The maximum absolute atomic E-state index is 2.52. The van der Waals surface area contributed by atoms with Crippen molar-refractivity contribution in [2.24, 2.45) is 0 Å².